The molecule has 0 radical (unpaired) electrons. The number of aryl methyl sites for hydroxylation is 1. The van der Waals surface area contributed by atoms with Crippen LogP contribution in [0.1, 0.15) is 37.8 Å². The number of ether oxygens (including phenoxy) is 1. The van der Waals surface area contributed by atoms with Crippen molar-refractivity contribution < 1.29 is 4.74 Å². The summed E-state index contributed by atoms with van der Waals surface area (Å²) in [6.45, 7) is 3.97. The fraction of sp³-hybridized carbons (Fsp3) is 0.750. The van der Waals surface area contributed by atoms with Gasteiger partial charge in [0.15, 0.2) is 0 Å². The molecule has 1 aromatic heterocycles. The summed E-state index contributed by atoms with van der Waals surface area (Å²) in [6.07, 6.45) is 7.51. The summed E-state index contributed by atoms with van der Waals surface area (Å²) >= 11 is 0. The maximum absolute atomic E-state index is 5.49. The van der Waals surface area contributed by atoms with Crippen molar-refractivity contribution >= 4 is 0 Å². The number of nitrogens with zero attached hydrogens (tertiary/aromatic N) is 2. The van der Waals surface area contributed by atoms with E-state index in [1.54, 1.807) is 0 Å². The summed E-state index contributed by atoms with van der Waals surface area (Å²) in [7, 11) is 1.96. The maximum atomic E-state index is 5.49. The highest BCUT2D eigenvalue weighted by Gasteiger charge is 2.19. The van der Waals surface area contributed by atoms with Gasteiger partial charge in [-0.15, -0.1) is 0 Å². The Hall–Kier alpha value is -0.870. The van der Waals surface area contributed by atoms with Gasteiger partial charge in [0, 0.05) is 37.5 Å². The van der Waals surface area contributed by atoms with Crippen LogP contribution < -0.4 is 5.32 Å². The van der Waals surface area contributed by atoms with Crippen LogP contribution in [-0.4, -0.2) is 29.0 Å². The number of aromatic nitrogens is 2. The van der Waals surface area contributed by atoms with E-state index in [1.807, 2.05) is 17.9 Å². The second-order valence-corrected chi connectivity index (χ2v) is 4.49. The summed E-state index contributed by atoms with van der Waals surface area (Å²) < 4.78 is 7.34. The molecule has 2 unspecified atom stereocenters. The topological polar surface area (TPSA) is 39.1 Å². The molecule has 0 bridgehead atoms. The zero-order chi connectivity index (χ0) is 11.4. The van der Waals surface area contributed by atoms with E-state index in [2.05, 4.69) is 23.5 Å². The quantitative estimate of drug-likeness (QED) is 0.843. The standard InChI is InChI=1S/C12H21N3O/c1-3-12(10-7-13-15(2)8-10)14-11-5-4-6-16-9-11/h7-8,11-12,14H,3-6,9H2,1-2H3. The zero-order valence-corrected chi connectivity index (χ0v) is 10.1. The molecule has 1 aliphatic rings. The van der Waals surface area contributed by atoms with Crippen molar-refractivity contribution in [1.29, 1.82) is 0 Å². The van der Waals surface area contributed by atoms with E-state index in [0.29, 0.717) is 12.1 Å². The summed E-state index contributed by atoms with van der Waals surface area (Å²) in [5.74, 6) is 0. The van der Waals surface area contributed by atoms with E-state index in [-0.39, 0.29) is 0 Å². The number of hydrogen-bond donors (Lipinski definition) is 1. The van der Waals surface area contributed by atoms with E-state index in [4.69, 9.17) is 4.74 Å². The molecule has 0 aliphatic carbocycles. The maximum Gasteiger partial charge on any atom is 0.0619 e. The lowest BCUT2D eigenvalue weighted by Gasteiger charge is -2.27. The van der Waals surface area contributed by atoms with Crippen LogP contribution in [0.2, 0.25) is 0 Å². The van der Waals surface area contributed by atoms with Crippen molar-refractivity contribution in [3.63, 3.8) is 0 Å². The average Bonchev–Trinajstić information content (AvgIpc) is 2.74. The lowest BCUT2D eigenvalue weighted by Crippen LogP contribution is -2.38. The van der Waals surface area contributed by atoms with E-state index >= 15 is 0 Å². The third-order valence-electron chi connectivity index (χ3n) is 3.13. The molecule has 4 nitrogen and oxygen atoms in total. The molecule has 90 valence electrons. The van der Waals surface area contributed by atoms with Crippen LogP contribution >= 0.6 is 0 Å². The molecule has 0 saturated carbocycles. The molecule has 2 rings (SSSR count). The normalized spacial score (nSPS) is 23.2. The van der Waals surface area contributed by atoms with Crippen LogP contribution in [0.3, 0.4) is 0 Å². The molecule has 1 fully saturated rings. The fourth-order valence-corrected chi connectivity index (χ4v) is 2.23. The SMILES string of the molecule is CCC(NC1CCCOC1)c1cnn(C)c1. The molecular formula is C12H21N3O. The van der Waals surface area contributed by atoms with Crippen LogP contribution in [0.25, 0.3) is 0 Å². The van der Waals surface area contributed by atoms with Crippen LogP contribution in [0.15, 0.2) is 12.4 Å². The largest absolute Gasteiger partial charge is 0.380 e. The lowest BCUT2D eigenvalue weighted by molar-refractivity contribution is 0.0661. The molecule has 1 saturated heterocycles. The molecule has 1 N–H and O–H groups in total. The number of hydrogen-bond acceptors (Lipinski definition) is 3. The fourth-order valence-electron chi connectivity index (χ4n) is 2.23. The van der Waals surface area contributed by atoms with Gasteiger partial charge in [-0.3, -0.25) is 4.68 Å². The third-order valence-corrected chi connectivity index (χ3v) is 3.13. The Morgan fingerprint density at radius 2 is 2.56 bits per heavy atom. The van der Waals surface area contributed by atoms with Gasteiger partial charge in [0.1, 0.15) is 0 Å². The first-order chi connectivity index (χ1) is 7.79. The lowest BCUT2D eigenvalue weighted by atomic mass is 10.0. The molecule has 2 atom stereocenters. The second kappa shape index (κ2) is 5.46. The highest BCUT2D eigenvalue weighted by Crippen LogP contribution is 2.18. The monoisotopic (exact) mass is 223 g/mol. The Labute approximate surface area is 97.0 Å². The van der Waals surface area contributed by atoms with Crippen molar-refractivity contribution in [2.45, 2.75) is 38.3 Å². The molecule has 0 amide bonds. The Balaban J connectivity index is 1.94. The van der Waals surface area contributed by atoms with Gasteiger partial charge in [-0.1, -0.05) is 6.92 Å². The number of rotatable bonds is 4. The number of nitrogens with one attached hydrogen (secondary N) is 1. The van der Waals surface area contributed by atoms with Gasteiger partial charge in [0.2, 0.25) is 0 Å². The van der Waals surface area contributed by atoms with Crippen molar-refractivity contribution in [2.24, 2.45) is 7.05 Å². The van der Waals surface area contributed by atoms with Gasteiger partial charge in [0.05, 0.1) is 12.8 Å². The van der Waals surface area contributed by atoms with Crippen molar-refractivity contribution in [3.05, 3.63) is 18.0 Å². The molecule has 0 aromatic carbocycles. The molecule has 16 heavy (non-hydrogen) atoms. The van der Waals surface area contributed by atoms with Gasteiger partial charge >= 0.3 is 0 Å². The average molecular weight is 223 g/mol. The summed E-state index contributed by atoms with van der Waals surface area (Å²) in [5.41, 5.74) is 1.27. The van der Waals surface area contributed by atoms with Gasteiger partial charge in [0.25, 0.3) is 0 Å². The summed E-state index contributed by atoms with van der Waals surface area (Å²) in [5, 5.41) is 7.88. The molecule has 1 aliphatic heterocycles. The summed E-state index contributed by atoms with van der Waals surface area (Å²) in [4.78, 5) is 0. The van der Waals surface area contributed by atoms with Crippen molar-refractivity contribution in [3.8, 4) is 0 Å². The third kappa shape index (κ3) is 2.83. The van der Waals surface area contributed by atoms with Gasteiger partial charge in [-0.25, -0.2) is 0 Å². The molecular weight excluding hydrogens is 202 g/mol. The van der Waals surface area contributed by atoms with Gasteiger partial charge in [-0.05, 0) is 19.3 Å². The van der Waals surface area contributed by atoms with E-state index in [1.165, 1.54) is 18.4 Å². The minimum Gasteiger partial charge on any atom is -0.380 e. The molecule has 1 aromatic rings. The van der Waals surface area contributed by atoms with E-state index < -0.39 is 0 Å². The summed E-state index contributed by atoms with van der Waals surface area (Å²) in [6, 6.07) is 0.902. The zero-order valence-electron chi connectivity index (χ0n) is 10.1. The van der Waals surface area contributed by atoms with Crippen LogP contribution in [0.4, 0.5) is 0 Å². The minimum atomic E-state index is 0.403. The van der Waals surface area contributed by atoms with Crippen LogP contribution in [0, 0.1) is 0 Å². The second-order valence-electron chi connectivity index (χ2n) is 4.49. The van der Waals surface area contributed by atoms with E-state index in [9.17, 15) is 0 Å². The van der Waals surface area contributed by atoms with Crippen LogP contribution in [-0.2, 0) is 11.8 Å². The highest BCUT2D eigenvalue weighted by atomic mass is 16.5. The van der Waals surface area contributed by atoms with Crippen molar-refractivity contribution in [2.75, 3.05) is 13.2 Å². The molecule has 0 spiro atoms. The first-order valence-corrected chi connectivity index (χ1v) is 6.12. The van der Waals surface area contributed by atoms with Gasteiger partial charge in [-0.2, -0.15) is 5.10 Å². The van der Waals surface area contributed by atoms with Crippen LogP contribution in [0.5, 0.6) is 0 Å². The first-order valence-electron chi connectivity index (χ1n) is 6.12. The van der Waals surface area contributed by atoms with Crippen molar-refractivity contribution in [1.82, 2.24) is 15.1 Å². The smallest absolute Gasteiger partial charge is 0.0619 e. The Morgan fingerprint density at radius 3 is 3.12 bits per heavy atom. The first kappa shape index (κ1) is 11.6. The van der Waals surface area contributed by atoms with Gasteiger partial charge < -0.3 is 10.1 Å². The Kier molecular flexibility index (Phi) is 3.96. The Morgan fingerprint density at radius 1 is 1.69 bits per heavy atom. The molecule has 4 heteroatoms. The minimum absolute atomic E-state index is 0.403. The predicted octanol–water partition coefficient (Wildman–Crippen LogP) is 1.64. The Bertz CT molecular complexity index is 318. The van der Waals surface area contributed by atoms with E-state index in [0.717, 1.165) is 19.6 Å². The molecule has 2 heterocycles. The highest BCUT2D eigenvalue weighted by molar-refractivity contribution is 5.10. The predicted molar refractivity (Wildman–Crippen MR) is 63.2 cm³/mol.